The molecule has 1 aliphatic heterocycles. The second kappa shape index (κ2) is 5.09. The topological polar surface area (TPSA) is 86.7 Å². The summed E-state index contributed by atoms with van der Waals surface area (Å²) in [5.74, 6) is -1.40. The van der Waals surface area contributed by atoms with Crippen molar-refractivity contribution in [2.75, 3.05) is 4.90 Å². The number of rotatable bonds is 4. The molecule has 0 radical (unpaired) electrons. The maximum absolute atomic E-state index is 12.1. The summed E-state index contributed by atoms with van der Waals surface area (Å²) in [7, 11) is 0. The van der Waals surface area contributed by atoms with Crippen LogP contribution in [0.4, 0.5) is 10.5 Å². The van der Waals surface area contributed by atoms with Crippen LogP contribution in [0.15, 0.2) is 24.3 Å². The zero-order valence-electron chi connectivity index (χ0n) is 10.4. The van der Waals surface area contributed by atoms with Crippen LogP contribution in [0.2, 0.25) is 0 Å². The van der Waals surface area contributed by atoms with Gasteiger partial charge >= 0.3 is 12.0 Å². The van der Waals surface area contributed by atoms with Gasteiger partial charge in [-0.3, -0.25) is 9.59 Å². The Kier molecular flexibility index (Phi) is 3.50. The number of hydrogen-bond donors (Lipinski definition) is 2. The van der Waals surface area contributed by atoms with Gasteiger partial charge < -0.3 is 10.4 Å². The van der Waals surface area contributed by atoms with Crippen LogP contribution < -0.4 is 10.2 Å². The van der Waals surface area contributed by atoms with Gasteiger partial charge in [-0.05, 0) is 25.5 Å². The molecule has 0 aromatic heterocycles. The second-order valence-corrected chi connectivity index (χ2v) is 4.44. The Morgan fingerprint density at radius 3 is 2.53 bits per heavy atom. The minimum atomic E-state index is -0.990. The summed E-state index contributed by atoms with van der Waals surface area (Å²) in [6, 6.07) is 5.72. The first-order valence-corrected chi connectivity index (χ1v) is 5.92. The molecular weight excluding hydrogens is 248 g/mol. The first-order valence-electron chi connectivity index (χ1n) is 5.92. The Morgan fingerprint density at radius 2 is 1.95 bits per heavy atom. The molecule has 1 aromatic carbocycles. The van der Waals surface area contributed by atoms with Crippen LogP contribution in [0.3, 0.4) is 0 Å². The van der Waals surface area contributed by atoms with Crippen molar-refractivity contribution in [3.63, 3.8) is 0 Å². The number of carboxylic acids is 1. The van der Waals surface area contributed by atoms with Crippen molar-refractivity contribution in [2.24, 2.45) is 0 Å². The van der Waals surface area contributed by atoms with E-state index in [2.05, 4.69) is 5.32 Å². The summed E-state index contributed by atoms with van der Waals surface area (Å²) in [4.78, 5) is 35.4. The standard InChI is InChI=1S/C13H14N2O4/c1-8-2-4-9(5-3-8)15-12(18)10(14-13(15)19)6-7-11(16)17/h2-5,10H,6-7H2,1H3,(H,14,19)(H,16,17). The van der Waals surface area contributed by atoms with Crippen LogP contribution in [-0.4, -0.2) is 29.1 Å². The fraction of sp³-hybridized carbons (Fsp3) is 0.308. The van der Waals surface area contributed by atoms with Gasteiger partial charge in [0.05, 0.1) is 5.69 Å². The zero-order chi connectivity index (χ0) is 14.0. The highest BCUT2D eigenvalue weighted by molar-refractivity contribution is 6.21. The molecule has 1 saturated heterocycles. The molecule has 100 valence electrons. The molecule has 2 N–H and O–H groups in total. The molecule has 2 rings (SSSR count). The Morgan fingerprint density at radius 1 is 1.32 bits per heavy atom. The Balaban J connectivity index is 2.14. The number of carbonyl (C=O) groups is 3. The van der Waals surface area contributed by atoms with Gasteiger partial charge in [0, 0.05) is 6.42 Å². The highest BCUT2D eigenvalue weighted by atomic mass is 16.4. The third kappa shape index (κ3) is 2.73. The van der Waals surface area contributed by atoms with Gasteiger partial charge in [0.2, 0.25) is 0 Å². The van der Waals surface area contributed by atoms with E-state index < -0.39 is 23.9 Å². The molecule has 6 nitrogen and oxygen atoms in total. The van der Waals surface area contributed by atoms with Gasteiger partial charge in [-0.25, -0.2) is 9.69 Å². The summed E-state index contributed by atoms with van der Waals surface area (Å²) in [6.45, 7) is 1.91. The number of nitrogens with zero attached hydrogens (tertiary/aromatic N) is 1. The first kappa shape index (κ1) is 13.1. The van der Waals surface area contributed by atoms with Crippen molar-refractivity contribution in [3.05, 3.63) is 29.8 Å². The summed E-state index contributed by atoms with van der Waals surface area (Å²) < 4.78 is 0. The lowest BCUT2D eigenvalue weighted by atomic mass is 10.1. The minimum Gasteiger partial charge on any atom is -0.481 e. The molecule has 0 bridgehead atoms. The summed E-state index contributed by atoms with van der Waals surface area (Å²) in [6.07, 6.45) is -0.0549. The molecule has 0 spiro atoms. The molecule has 6 heteroatoms. The van der Waals surface area contributed by atoms with Gasteiger partial charge in [-0.2, -0.15) is 0 Å². The summed E-state index contributed by atoms with van der Waals surface area (Å²) in [5.41, 5.74) is 1.52. The smallest absolute Gasteiger partial charge is 0.329 e. The molecule has 1 fully saturated rings. The zero-order valence-corrected chi connectivity index (χ0v) is 10.4. The van der Waals surface area contributed by atoms with Crippen LogP contribution >= 0.6 is 0 Å². The van der Waals surface area contributed by atoms with Crippen molar-refractivity contribution in [3.8, 4) is 0 Å². The molecule has 0 aliphatic carbocycles. The van der Waals surface area contributed by atoms with Gasteiger partial charge in [0.25, 0.3) is 5.91 Å². The van der Waals surface area contributed by atoms with E-state index in [1.165, 1.54) is 0 Å². The first-order chi connectivity index (χ1) is 8.99. The number of nitrogens with one attached hydrogen (secondary N) is 1. The molecule has 0 saturated carbocycles. The van der Waals surface area contributed by atoms with Crippen LogP contribution in [0, 0.1) is 6.92 Å². The average Bonchev–Trinajstić information content (AvgIpc) is 2.63. The summed E-state index contributed by atoms with van der Waals surface area (Å²) >= 11 is 0. The van der Waals surface area contributed by atoms with Crippen molar-refractivity contribution in [1.29, 1.82) is 0 Å². The number of benzene rings is 1. The van der Waals surface area contributed by atoms with Crippen LogP contribution in [0.25, 0.3) is 0 Å². The number of carboxylic acid groups (broad SMARTS) is 1. The van der Waals surface area contributed by atoms with Crippen molar-refractivity contribution in [1.82, 2.24) is 5.32 Å². The SMILES string of the molecule is Cc1ccc(N2C(=O)NC(CCC(=O)O)C2=O)cc1. The maximum Gasteiger partial charge on any atom is 0.329 e. The molecule has 1 heterocycles. The number of imide groups is 1. The van der Waals surface area contributed by atoms with Crippen LogP contribution in [-0.2, 0) is 9.59 Å². The lowest BCUT2D eigenvalue weighted by Gasteiger charge is -2.13. The number of aryl methyl sites for hydroxylation is 1. The monoisotopic (exact) mass is 262 g/mol. The van der Waals surface area contributed by atoms with E-state index in [0.29, 0.717) is 5.69 Å². The molecule has 1 unspecified atom stereocenters. The van der Waals surface area contributed by atoms with Gasteiger partial charge in [-0.15, -0.1) is 0 Å². The molecule has 1 atom stereocenters. The van der Waals surface area contributed by atoms with E-state index in [9.17, 15) is 14.4 Å². The number of anilines is 1. The van der Waals surface area contributed by atoms with Gasteiger partial charge in [0.15, 0.2) is 0 Å². The predicted octanol–water partition coefficient (Wildman–Crippen LogP) is 1.28. The van der Waals surface area contributed by atoms with E-state index >= 15 is 0 Å². The average molecular weight is 262 g/mol. The highest BCUT2D eigenvalue weighted by Crippen LogP contribution is 2.21. The normalized spacial score (nSPS) is 18.6. The van der Waals surface area contributed by atoms with Crippen molar-refractivity contribution < 1.29 is 19.5 Å². The predicted molar refractivity (Wildman–Crippen MR) is 67.9 cm³/mol. The molecular formula is C13H14N2O4. The van der Waals surface area contributed by atoms with Crippen LogP contribution in [0.5, 0.6) is 0 Å². The van der Waals surface area contributed by atoms with Crippen LogP contribution in [0.1, 0.15) is 18.4 Å². The lowest BCUT2D eigenvalue weighted by Crippen LogP contribution is -2.31. The summed E-state index contributed by atoms with van der Waals surface area (Å²) in [5, 5.41) is 11.1. The number of carbonyl (C=O) groups excluding carboxylic acids is 2. The molecule has 1 aliphatic rings. The minimum absolute atomic E-state index is 0.0995. The molecule has 1 aromatic rings. The lowest BCUT2D eigenvalue weighted by molar-refractivity contribution is -0.137. The van der Waals surface area contributed by atoms with E-state index in [4.69, 9.17) is 5.11 Å². The fourth-order valence-corrected chi connectivity index (χ4v) is 1.93. The molecule has 3 amide bonds. The van der Waals surface area contributed by atoms with Crippen molar-refractivity contribution in [2.45, 2.75) is 25.8 Å². The Bertz CT molecular complexity index is 524. The maximum atomic E-state index is 12.1. The number of hydrogen-bond acceptors (Lipinski definition) is 3. The molecule has 19 heavy (non-hydrogen) atoms. The second-order valence-electron chi connectivity index (χ2n) is 4.44. The third-order valence-corrected chi connectivity index (χ3v) is 2.96. The highest BCUT2D eigenvalue weighted by Gasteiger charge is 2.38. The number of amides is 3. The van der Waals surface area contributed by atoms with E-state index in [1.54, 1.807) is 24.3 Å². The Labute approximate surface area is 110 Å². The quantitative estimate of drug-likeness (QED) is 0.800. The van der Waals surface area contributed by atoms with Gasteiger partial charge in [0.1, 0.15) is 6.04 Å². The van der Waals surface area contributed by atoms with E-state index in [0.717, 1.165) is 10.5 Å². The van der Waals surface area contributed by atoms with E-state index in [-0.39, 0.29) is 12.8 Å². The van der Waals surface area contributed by atoms with Gasteiger partial charge in [-0.1, -0.05) is 17.7 Å². The number of urea groups is 1. The Hall–Kier alpha value is -2.37. The largest absolute Gasteiger partial charge is 0.481 e. The number of aliphatic carboxylic acids is 1. The third-order valence-electron chi connectivity index (χ3n) is 2.96. The van der Waals surface area contributed by atoms with E-state index in [1.807, 2.05) is 6.92 Å². The fourth-order valence-electron chi connectivity index (χ4n) is 1.93. The van der Waals surface area contributed by atoms with Crippen molar-refractivity contribution >= 4 is 23.6 Å².